The first-order valence-corrected chi connectivity index (χ1v) is 4.76. The van der Waals surface area contributed by atoms with Crippen LogP contribution in [-0.2, 0) is 0 Å². The Hall–Kier alpha value is -0.960. The molecule has 0 N–H and O–H groups in total. The summed E-state index contributed by atoms with van der Waals surface area (Å²) in [6.07, 6.45) is 15.7. The molecule has 0 nitrogen and oxygen atoms in total. The molecule has 0 saturated carbocycles. The topological polar surface area (TPSA) is 0 Å². The van der Waals surface area contributed by atoms with Crippen molar-refractivity contribution in [1.29, 1.82) is 0 Å². The normalized spacial score (nSPS) is 24.0. The zero-order valence-corrected chi connectivity index (χ0v) is 7.55. The van der Waals surface area contributed by atoms with Gasteiger partial charge in [-0.3, -0.25) is 0 Å². The molecule has 1 rings (SSSR count). The molecule has 0 aromatic rings. The number of allylic oxidation sites excluding steroid dienone is 4. The first kappa shape index (κ1) is 9.13. The molecule has 0 atom stereocenters. The van der Waals surface area contributed by atoms with Gasteiger partial charge in [-0.1, -0.05) is 24.3 Å². The van der Waals surface area contributed by atoms with Crippen LogP contribution in [0.25, 0.3) is 0 Å². The van der Waals surface area contributed by atoms with Crippen LogP contribution < -0.4 is 0 Å². The molecule has 0 radical (unpaired) electrons. The zero-order chi connectivity index (χ0) is 8.49. The van der Waals surface area contributed by atoms with Crippen molar-refractivity contribution in [2.75, 3.05) is 0 Å². The minimum Gasteiger partial charge on any atom is -0.103 e. The summed E-state index contributed by atoms with van der Waals surface area (Å²) >= 11 is 0. The van der Waals surface area contributed by atoms with Crippen LogP contribution in [0.2, 0.25) is 0 Å². The van der Waals surface area contributed by atoms with Gasteiger partial charge in [-0.2, -0.15) is 0 Å². The van der Waals surface area contributed by atoms with Gasteiger partial charge in [0.25, 0.3) is 0 Å². The molecule has 0 spiro atoms. The van der Waals surface area contributed by atoms with Gasteiger partial charge in [0.15, 0.2) is 0 Å². The summed E-state index contributed by atoms with van der Waals surface area (Å²) in [5.41, 5.74) is 0. The van der Waals surface area contributed by atoms with Gasteiger partial charge in [0.05, 0.1) is 0 Å². The summed E-state index contributed by atoms with van der Waals surface area (Å²) in [5.74, 6) is 6.34. The molecule has 0 aliphatic heterocycles. The second kappa shape index (κ2) is 6.73. The Morgan fingerprint density at radius 2 is 1.00 bits per heavy atom. The van der Waals surface area contributed by atoms with Crippen molar-refractivity contribution in [3.05, 3.63) is 24.3 Å². The Bertz CT molecular complexity index is 188. The van der Waals surface area contributed by atoms with Crippen LogP contribution in [0.1, 0.15) is 38.5 Å². The maximum Gasteiger partial charge on any atom is 0.0123 e. The van der Waals surface area contributed by atoms with Gasteiger partial charge in [0, 0.05) is 12.8 Å². The highest BCUT2D eigenvalue weighted by molar-refractivity contribution is 5.02. The molecular formula is C12H16. The maximum absolute atomic E-state index is 3.17. The third kappa shape index (κ3) is 4.79. The van der Waals surface area contributed by atoms with Crippen LogP contribution in [0.5, 0.6) is 0 Å². The van der Waals surface area contributed by atoms with E-state index in [-0.39, 0.29) is 0 Å². The zero-order valence-electron chi connectivity index (χ0n) is 7.55. The predicted octanol–water partition coefficient (Wildman–Crippen LogP) is 3.46. The van der Waals surface area contributed by atoms with Gasteiger partial charge in [0.1, 0.15) is 0 Å². The Balaban J connectivity index is 2.34. The summed E-state index contributed by atoms with van der Waals surface area (Å²) in [6, 6.07) is 0. The van der Waals surface area contributed by atoms with Crippen molar-refractivity contribution in [3.63, 3.8) is 0 Å². The fourth-order valence-corrected chi connectivity index (χ4v) is 1.15. The Morgan fingerprint density at radius 3 is 1.50 bits per heavy atom. The fourth-order valence-electron chi connectivity index (χ4n) is 1.15. The highest BCUT2D eigenvalue weighted by Crippen LogP contribution is 1.99. The summed E-state index contributed by atoms with van der Waals surface area (Å²) in [5, 5.41) is 0. The smallest absolute Gasteiger partial charge is 0.0123 e. The molecule has 0 unspecified atom stereocenters. The quantitative estimate of drug-likeness (QED) is 0.376. The summed E-state index contributed by atoms with van der Waals surface area (Å²) in [7, 11) is 0. The molecule has 0 aromatic carbocycles. The number of hydrogen-bond donors (Lipinski definition) is 0. The lowest BCUT2D eigenvalue weighted by atomic mass is 10.2. The van der Waals surface area contributed by atoms with E-state index in [1.807, 2.05) is 0 Å². The van der Waals surface area contributed by atoms with Crippen molar-refractivity contribution in [3.8, 4) is 11.8 Å². The minimum atomic E-state index is 1.03. The van der Waals surface area contributed by atoms with Crippen LogP contribution >= 0.6 is 0 Å². The van der Waals surface area contributed by atoms with Gasteiger partial charge in [-0.15, -0.1) is 11.8 Å². The van der Waals surface area contributed by atoms with E-state index < -0.39 is 0 Å². The SMILES string of the molecule is C1#CCC/C=C/CC/C=C/CC1. The molecule has 1 aliphatic rings. The molecule has 0 heteroatoms. The Morgan fingerprint density at radius 1 is 0.583 bits per heavy atom. The molecule has 0 saturated heterocycles. The van der Waals surface area contributed by atoms with Crippen molar-refractivity contribution in [2.45, 2.75) is 38.5 Å². The summed E-state index contributed by atoms with van der Waals surface area (Å²) in [6.45, 7) is 0. The monoisotopic (exact) mass is 160 g/mol. The van der Waals surface area contributed by atoms with Gasteiger partial charge in [-0.05, 0) is 25.7 Å². The molecule has 1 aliphatic carbocycles. The van der Waals surface area contributed by atoms with E-state index in [0.717, 1.165) is 25.7 Å². The van der Waals surface area contributed by atoms with Crippen molar-refractivity contribution < 1.29 is 0 Å². The maximum atomic E-state index is 3.17. The predicted molar refractivity (Wildman–Crippen MR) is 53.8 cm³/mol. The Labute approximate surface area is 75.4 Å². The average molecular weight is 160 g/mol. The first-order chi connectivity index (χ1) is 6.00. The number of hydrogen-bond acceptors (Lipinski definition) is 0. The lowest BCUT2D eigenvalue weighted by Gasteiger charge is -1.90. The summed E-state index contributed by atoms with van der Waals surface area (Å²) in [4.78, 5) is 0. The minimum absolute atomic E-state index is 1.03. The molecule has 0 fully saturated rings. The van der Waals surface area contributed by atoms with Gasteiger partial charge < -0.3 is 0 Å². The lowest BCUT2D eigenvalue weighted by molar-refractivity contribution is 0.987. The molecule has 0 amide bonds. The third-order valence-corrected chi connectivity index (χ3v) is 1.83. The largest absolute Gasteiger partial charge is 0.103 e. The standard InChI is InChI=1S/C12H16/c1-2-4-6-8-10-12-11-9-7-5-3-1/h1-2,7,9H,3-6,11-12H2/b2-1+,9-7+. The van der Waals surface area contributed by atoms with E-state index in [1.165, 1.54) is 12.8 Å². The van der Waals surface area contributed by atoms with Crippen LogP contribution in [0, 0.1) is 11.8 Å². The van der Waals surface area contributed by atoms with E-state index in [4.69, 9.17) is 0 Å². The van der Waals surface area contributed by atoms with Crippen molar-refractivity contribution in [2.24, 2.45) is 0 Å². The van der Waals surface area contributed by atoms with E-state index >= 15 is 0 Å². The second-order valence-electron chi connectivity index (χ2n) is 2.95. The highest BCUT2D eigenvalue weighted by Gasteiger charge is 1.81. The molecular weight excluding hydrogens is 144 g/mol. The van der Waals surface area contributed by atoms with E-state index in [1.54, 1.807) is 0 Å². The Kier molecular flexibility index (Phi) is 5.12. The van der Waals surface area contributed by atoms with Crippen LogP contribution in [0.15, 0.2) is 24.3 Å². The number of rotatable bonds is 0. The molecule has 0 bridgehead atoms. The lowest BCUT2D eigenvalue weighted by Crippen LogP contribution is -1.72. The van der Waals surface area contributed by atoms with Gasteiger partial charge in [-0.25, -0.2) is 0 Å². The molecule has 12 heavy (non-hydrogen) atoms. The first-order valence-electron chi connectivity index (χ1n) is 4.76. The summed E-state index contributed by atoms with van der Waals surface area (Å²) < 4.78 is 0. The van der Waals surface area contributed by atoms with Crippen LogP contribution in [0.3, 0.4) is 0 Å². The third-order valence-electron chi connectivity index (χ3n) is 1.83. The second-order valence-corrected chi connectivity index (χ2v) is 2.95. The van der Waals surface area contributed by atoms with E-state index in [9.17, 15) is 0 Å². The van der Waals surface area contributed by atoms with Gasteiger partial charge >= 0.3 is 0 Å². The van der Waals surface area contributed by atoms with Crippen molar-refractivity contribution >= 4 is 0 Å². The molecule has 0 heterocycles. The fraction of sp³-hybridized carbons (Fsp3) is 0.500. The van der Waals surface area contributed by atoms with E-state index in [0.29, 0.717) is 0 Å². The molecule has 0 aromatic heterocycles. The van der Waals surface area contributed by atoms with Crippen LogP contribution in [-0.4, -0.2) is 0 Å². The molecule has 64 valence electrons. The van der Waals surface area contributed by atoms with E-state index in [2.05, 4.69) is 36.1 Å². The van der Waals surface area contributed by atoms with Crippen molar-refractivity contribution in [1.82, 2.24) is 0 Å². The van der Waals surface area contributed by atoms with Gasteiger partial charge in [0.2, 0.25) is 0 Å². The van der Waals surface area contributed by atoms with Crippen LogP contribution in [0.4, 0.5) is 0 Å². The average Bonchev–Trinajstić information content (AvgIpc) is 2.05. The highest BCUT2D eigenvalue weighted by atomic mass is 13.9.